The van der Waals surface area contributed by atoms with Crippen LogP contribution >= 0.6 is 24.0 Å². The van der Waals surface area contributed by atoms with Crippen molar-refractivity contribution >= 4 is 35.1 Å². The lowest BCUT2D eigenvalue weighted by Gasteiger charge is -2.11. The van der Waals surface area contributed by atoms with Crippen LogP contribution in [0.5, 0.6) is 5.88 Å². The third-order valence-corrected chi connectivity index (χ3v) is 3.97. The zero-order valence-electron chi connectivity index (χ0n) is 10.8. The van der Waals surface area contributed by atoms with Crippen LogP contribution in [-0.2, 0) is 6.54 Å². The molecule has 0 bridgehead atoms. The molecule has 98 valence electrons. The summed E-state index contributed by atoms with van der Waals surface area (Å²) in [7, 11) is 1.62. The molecule has 0 aliphatic heterocycles. The molecule has 2 aromatic rings. The molecule has 1 N–H and O–H groups in total. The molecule has 0 spiro atoms. The minimum atomic E-state index is 0.554. The smallest absolute Gasteiger partial charge is 0.215 e. The minimum absolute atomic E-state index is 0.554. The Hall–Kier alpha value is -1.01. The van der Waals surface area contributed by atoms with Crippen molar-refractivity contribution in [3.63, 3.8) is 0 Å². The second-order valence-corrected chi connectivity index (χ2v) is 5.62. The lowest BCUT2D eigenvalue weighted by atomic mass is 10.2. The van der Waals surface area contributed by atoms with Gasteiger partial charge in [-0.1, -0.05) is 6.92 Å². The van der Waals surface area contributed by atoms with Gasteiger partial charge in [0.05, 0.1) is 12.6 Å². The van der Waals surface area contributed by atoms with E-state index >= 15 is 0 Å². The molecule has 2 rings (SSSR count). The van der Waals surface area contributed by atoms with Gasteiger partial charge in [-0.15, -0.1) is 0 Å². The van der Waals surface area contributed by atoms with Crippen LogP contribution in [0.4, 0.5) is 0 Å². The summed E-state index contributed by atoms with van der Waals surface area (Å²) in [6.07, 6.45) is 2.12. The molecule has 0 aromatic carbocycles. The van der Waals surface area contributed by atoms with E-state index in [2.05, 4.69) is 23.1 Å². The molecule has 0 radical (unpaired) electrons. The Morgan fingerprint density at radius 2 is 2.33 bits per heavy atom. The summed E-state index contributed by atoms with van der Waals surface area (Å²) in [6, 6.07) is 3.79. The Balaban J connectivity index is 2.41. The molecule has 18 heavy (non-hydrogen) atoms. The van der Waals surface area contributed by atoms with Crippen molar-refractivity contribution in [3.05, 3.63) is 16.9 Å². The van der Waals surface area contributed by atoms with Crippen LogP contribution in [-0.4, -0.2) is 33.7 Å². The number of methoxy groups -OCH3 is 1. The zero-order chi connectivity index (χ0) is 13.1. The fourth-order valence-electron chi connectivity index (χ4n) is 1.95. The Morgan fingerprint density at radius 1 is 1.56 bits per heavy atom. The standard InChI is InChI=1S/C12H17N3OS2/c1-8(7-18-3)6-15-11-9(13-12(15)17)4-5-10(14-11)16-2/h4-5,8H,6-7H2,1-3H3,(H,13,17). The second kappa shape index (κ2) is 5.75. The Morgan fingerprint density at radius 3 is 3.00 bits per heavy atom. The number of thioether (sulfide) groups is 1. The van der Waals surface area contributed by atoms with Crippen molar-refractivity contribution in [3.8, 4) is 5.88 Å². The number of rotatable bonds is 5. The number of nitrogens with zero attached hydrogens (tertiary/aromatic N) is 2. The summed E-state index contributed by atoms with van der Waals surface area (Å²) in [5, 5.41) is 0. The molecule has 6 heteroatoms. The Kier molecular flexibility index (Phi) is 4.29. The number of fused-ring (bicyclic) bond motifs is 1. The van der Waals surface area contributed by atoms with Crippen molar-refractivity contribution in [1.29, 1.82) is 0 Å². The van der Waals surface area contributed by atoms with Crippen LogP contribution in [0.2, 0.25) is 0 Å². The predicted octanol–water partition coefficient (Wildman–Crippen LogP) is 3.10. The van der Waals surface area contributed by atoms with Gasteiger partial charge in [-0.05, 0) is 36.2 Å². The Bertz CT molecular complexity index is 591. The molecule has 1 atom stereocenters. The highest BCUT2D eigenvalue weighted by Crippen LogP contribution is 2.18. The number of aromatic amines is 1. The van der Waals surface area contributed by atoms with Crippen LogP contribution in [0.1, 0.15) is 6.92 Å². The molecule has 1 unspecified atom stereocenters. The van der Waals surface area contributed by atoms with Gasteiger partial charge in [-0.3, -0.25) is 0 Å². The van der Waals surface area contributed by atoms with Crippen LogP contribution in [0.3, 0.4) is 0 Å². The minimum Gasteiger partial charge on any atom is -0.481 e. The zero-order valence-corrected chi connectivity index (χ0v) is 12.4. The molecular formula is C12H17N3OS2. The average Bonchev–Trinajstić information content (AvgIpc) is 2.65. The number of ether oxygens (including phenoxy) is 1. The van der Waals surface area contributed by atoms with Crippen molar-refractivity contribution in [1.82, 2.24) is 14.5 Å². The topological polar surface area (TPSA) is 42.8 Å². The molecule has 0 aliphatic rings. The third-order valence-electron chi connectivity index (χ3n) is 2.75. The van der Waals surface area contributed by atoms with Crippen molar-refractivity contribution < 1.29 is 4.74 Å². The molecule has 2 aromatic heterocycles. The van der Waals surface area contributed by atoms with Crippen molar-refractivity contribution in [2.75, 3.05) is 19.1 Å². The predicted molar refractivity (Wildman–Crippen MR) is 79.0 cm³/mol. The number of imidazole rings is 1. The summed E-state index contributed by atoms with van der Waals surface area (Å²) in [6.45, 7) is 3.09. The maximum absolute atomic E-state index is 5.35. The van der Waals surface area contributed by atoms with E-state index in [4.69, 9.17) is 17.0 Å². The van der Waals surface area contributed by atoms with Gasteiger partial charge in [0.15, 0.2) is 10.4 Å². The first-order valence-corrected chi connectivity index (χ1v) is 7.58. The number of H-pyrrole nitrogens is 1. The van der Waals surface area contributed by atoms with E-state index in [9.17, 15) is 0 Å². The monoisotopic (exact) mass is 283 g/mol. The van der Waals surface area contributed by atoms with Gasteiger partial charge < -0.3 is 14.3 Å². The van der Waals surface area contributed by atoms with Crippen LogP contribution in [0.25, 0.3) is 11.2 Å². The van der Waals surface area contributed by atoms with E-state index in [1.807, 2.05) is 28.5 Å². The van der Waals surface area contributed by atoms with E-state index < -0.39 is 0 Å². The Labute approximate surface area is 116 Å². The summed E-state index contributed by atoms with van der Waals surface area (Å²) in [5.74, 6) is 2.28. The lowest BCUT2D eigenvalue weighted by Crippen LogP contribution is -2.10. The summed E-state index contributed by atoms with van der Waals surface area (Å²) in [5.41, 5.74) is 1.82. The fourth-order valence-corrected chi connectivity index (χ4v) is 2.89. The third kappa shape index (κ3) is 2.70. The molecule has 2 heterocycles. The van der Waals surface area contributed by atoms with E-state index in [-0.39, 0.29) is 0 Å². The number of aromatic nitrogens is 3. The van der Waals surface area contributed by atoms with Crippen LogP contribution < -0.4 is 4.74 Å². The van der Waals surface area contributed by atoms with Crippen molar-refractivity contribution in [2.45, 2.75) is 13.5 Å². The maximum Gasteiger partial charge on any atom is 0.215 e. The van der Waals surface area contributed by atoms with Crippen molar-refractivity contribution in [2.24, 2.45) is 5.92 Å². The van der Waals surface area contributed by atoms with E-state index in [0.29, 0.717) is 11.8 Å². The molecule has 4 nitrogen and oxygen atoms in total. The van der Waals surface area contributed by atoms with Gasteiger partial charge in [0.25, 0.3) is 0 Å². The maximum atomic E-state index is 5.35. The highest BCUT2D eigenvalue weighted by Gasteiger charge is 2.10. The average molecular weight is 283 g/mol. The van der Waals surface area contributed by atoms with E-state index in [1.54, 1.807) is 7.11 Å². The quantitative estimate of drug-likeness (QED) is 0.856. The lowest BCUT2D eigenvalue weighted by molar-refractivity contribution is 0.398. The normalized spacial score (nSPS) is 12.8. The van der Waals surface area contributed by atoms with Crippen LogP contribution in [0.15, 0.2) is 12.1 Å². The molecule has 0 amide bonds. The fraction of sp³-hybridized carbons (Fsp3) is 0.500. The van der Waals surface area contributed by atoms with Gasteiger partial charge in [0, 0.05) is 12.6 Å². The first-order chi connectivity index (χ1) is 8.65. The van der Waals surface area contributed by atoms with Gasteiger partial charge in [0.1, 0.15) is 0 Å². The second-order valence-electron chi connectivity index (χ2n) is 4.33. The van der Waals surface area contributed by atoms with E-state index in [1.165, 1.54) is 0 Å². The number of hydrogen-bond donors (Lipinski definition) is 1. The van der Waals surface area contributed by atoms with Gasteiger partial charge in [0.2, 0.25) is 5.88 Å². The highest BCUT2D eigenvalue weighted by atomic mass is 32.2. The summed E-state index contributed by atoms with van der Waals surface area (Å²) in [4.78, 5) is 7.64. The van der Waals surface area contributed by atoms with Crippen LogP contribution in [0, 0.1) is 10.7 Å². The number of pyridine rings is 1. The SMILES string of the molecule is COc1ccc2[nH]c(=S)n(CC(C)CSC)c2n1. The highest BCUT2D eigenvalue weighted by molar-refractivity contribution is 7.98. The van der Waals surface area contributed by atoms with Gasteiger partial charge in [-0.25, -0.2) is 0 Å². The first-order valence-electron chi connectivity index (χ1n) is 5.78. The first kappa shape index (κ1) is 13.4. The summed E-state index contributed by atoms with van der Waals surface area (Å²) >= 11 is 7.20. The number of hydrogen-bond acceptors (Lipinski definition) is 4. The van der Waals surface area contributed by atoms with Gasteiger partial charge in [-0.2, -0.15) is 16.7 Å². The van der Waals surface area contributed by atoms with E-state index in [0.717, 1.165) is 28.2 Å². The largest absolute Gasteiger partial charge is 0.481 e. The summed E-state index contributed by atoms with van der Waals surface area (Å²) < 4.78 is 7.93. The molecule has 0 fully saturated rings. The molecule has 0 saturated carbocycles. The molecule has 0 aliphatic carbocycles. The van der Waals surface area contributed by atoms with Gasteiger partial charge >= 0.3 is 0 Å². The molecular weight excluding hydrogens is 266 g/mol. The number of nitrogens with one attached hydrogen (secondary N) is 1. The molecule has 0 saturated heterocycles.